The molecule has 1 aromatic heterocycles. The van der Waals surface area contributed by atoms with Crippen molar-refractivity contribution in [3.05, 3.63) is 47.3 Å². The second kappa shape index (κ2) is 8.24. The van der Waals surface area contributed by atoms with Gasteiger partial charge in [-0.3, -0.25) is 14.3 Å². The molecule has 27 heavy (non-hydrogen) atoms. The molecule has 6 nitrogen and oxygen atoms in total. The molecule has 1 aromatic carbocycles. The molecule has 1 N–H and O–H groups in total. The molecule has 0 radical (unpaired) electrons. The standard InChI is InChI=1S/C18H20F3N3O3/c1-11-10-12(2)24(23-11)9-8-16(25)27-13(3)17(26)22-15-7-5-4-6-14(15)18(19,20)21/h4-7,10,13H,8-9H2,1-3H3,(H,22,26). The third-order valence-corrected chi connectivity index (χ3v) is 3.80. The topological polar surface area (TPSA) is 73.2 Å². The summed E-state index contributed by atoms with van der Waals surface area (Å²) in [6.45, 7) is 5.25. The molecule has 146 valence electrons. The van der Waals surface area contributed by atoms with E-state index in [1.807, 2.05) is 19.9 Å². The number of para-hydroxylation sites is 1. The van der Waals surface area contributed by atoms with Crippen molar-refractivity contribution in [2.45, 2.75) is 46.0 Å². The Balaban J connectivity index is 1.92. The number of esters is 1. The molecular formula is C18H20F3N3O3. The predicted octanol–water partition coefficient (Wildman–Crippen LogP) is 3.48. The molecule has 9 heteroatoms. The van der Waals surface area contributed by atoms with Crippen molar-refractivity contribution in [2.75, 3.05) is 5.32 Å². The Bertz CT molecular complexity index is 831. The number of ether oxygens (including phenoxy) is 1. The fourth-order valence-corrected chi connectivity index (χ4v) is 2.48. The van der Waals surface area contributed by atoms with Gasteiger partial charge < -0.3 is 10.1 Å². The molecule has 0 bridgehead atoms. The fourth-order valence-electron chi connectivity index (χ4n) is 2.48. The average molecular weight is 383 g/mol. The van der Waals surface area contributed by atoms with Crippen LogP contribution in [0.2, 0.25) is 0 Å². The van der Waals surface area contributed by atoms with Gasteiger partial charge in [-0.05, 0) is 39.0 Å². The molecule has 2 rings (SSSR count). The van der Waals surface area contributed by atoms with Crippen molar-refractivity contribution in [1.29, 1.82) is 0 Å². The quantitative estimate of drug-likeness (QED) is 0.775. The number of nitrogens with zero attached hydrogens (tertiary/aromatic N) is 2. The van der Waals surface area contributed by atoms with Gasteiger partial charge in [-0.25, -0.2) is 0 Å². The predicted molar refractivity (Wildman–Crippen MR) is 91.9 cm³/mol. The number of nitrogens with one attached hydrogen (secondary N) is 1. The maximum atomic E-state index is 13.0. The van der Waals surface area contributed by atoms with Crippen molar-refractivity contribution in [2.24, 2.45) is 0 Å². The van der Waals surface area contributed by atoms with Gasteiger partial charge in [0, 0.05) is 5.69 Å². The van der Waals surface area contributed by atoms with Crippen LogP contribution in [-0.2, 0) is 27.0 Å². The highest BCUT2D eigenvalue weighted by atomic mass is 19.4. The normalized spacial score (nSPS) is 12.5. The lowest BCUT2D eigenvalue weighted by Crippen LogP contribution is -2.31. The van der Waals surface area contributed by atoms with Crippen LogP contribution in [-0.4, -0.2) is 27.8 Å². The van der Waals surface area contributed by atoms with Crippen LogP contribution in [0.3, 0.4) is 0 Å². The Morgan fingerprint density at radius 3 is 2.52 bits per heavy atom. The van der Waals surface area contributed by atoms with Crippen molar-refractivity contribution < 1.29 is 27.5 Å². The van der Waals surface area contributed by atoms with Gasteiger partial charge in [0.15, 0.2) is 6.10 Å². The zero-order valence-corrected chi connectivity index (χ0v) is 15.1. The van der Waals surface area contributed by atoms with E-state index < -0.39 is 29.7 Å². The smallest absolute Gasteiger partial charge is 0.418 e. The molecule has 0 spiro atoms. The first kappa shape index (κ1) is 20.5. The lowest BCUT2D eigenvalue weighted by Gasteiger charge is -2.17. The molecule has 1 unspecified atom stereocenters. The van der Waals surface area contributed by atoms with Gasteiger partial charge in [-0.2, -0.15) is 18.3 Å². The summed E-state index contributed by atoms with van der Waals surface area (Å²) in [7, 11) is 0. The van der Waals surface area contributed by atoms with Gasteiger partial charge in [-0.15, -0.1) is 0 Å². The first-order valence-corrected chi connectivity index (χ1v) is 8.25. The number of benzene rings is 1. The summed E-state index contributed by atoms with van der Waals surface area (Å²) in [5, 5.41) is 6.36. The highest BCUT2D eigenvalue weighted by Crippen LogP contribution is 2.34. The summed E-state index contributed by atoms with van der Waals surface area (Å²) >= 11 is 0. The van der Waals surface area contributed by atoms with Crippen LogP contribution in [0, 0.1) is 13.8 Å². The van der Waals surface area contributed by atoms with Crippen molar-refractivity contribution >= 4 is 17.6 Å². The third kappa shape index (κ3) is 5.57. The SMILES string of the molecule is Cc1cc(C)n(CCC(=O)OC(C)C(=O)Nc2ccccc2C(F)(F)F)n1. The molecule has 0 saturated heterocycles. The minimum absolute atomic E-state index is 0.0152. The summed E-state index contributed by atoms with van der Waals surface area (Å²) in [4.78, 5) is 24.0. The van der Waals surface area contributed by atoms with E-state index >= 15 is 0 Å². The number of carbonyl (C=O) groups excluding carboxylic acids is 2. The van der Waals surface area contributed by atoms with E-state index in [0.29, 0.717) is 0 Å². The number of hydrogen-bond acceptors (Lipinski definition) is 4. The third-order valence-electron chi connectivity index (χ3n) is 3.80. The first-order valence-electron chi connectivity index (χ1n) is 8.25. The zero-order chi connectivity index (χ0) is 20.2. The molecule has 0 aliphatic carbocycles. The molecule has 1 heterocycles. The van der Waals surface area contributed by atoms with Crippen LogP contribution in [0.5, 0.6) is 0 Å². The number of halogens is 3. The monoisotopic (exact) mass is 383 g/mol. The number of aromatic nitrogens is 2. The van der Waals surface area contributed by atoms with E-state index in [0.717, 1.165) is 23.5 Å². The Morgan fingerprint density at radius 2 is 1.93 bits per heavy atom. The van der Waals surface area contributed by atoms with Gasteiger partial charge in [0.05, 0.1) is 29.9 Å². The second-order valence-corrected chi connectivity index (χ2v) is 6.06. The Labute approximate surface area is 154 Å². The van der Waals surface area contributed by atoms with Gasteiger partial charge >= 0.3 is 12.1 Å². The molecule has 0 saturated carbocycles. The second-order valence-electron chi connectivity index (χ2n) is 6.06. The highest BCUT2D eigenvalue weighted by Gasteiger charge is 2.34. The van der Waals surface area contributed by atoms with Crippen molar-refractivity contribution in [3.63, 3.8) is 0 Å². The molecule has 0 aliphatic rings. The summed E-state index contributed by atoms with van der Waals surface area (Å²) < 4.78 is 45.5. The van der Waals surface area contributed by atoms with E-state index in [1.165, 1.54) is 19.1 Å². The molecule has 0 fully saturated rings. The van der Waals surface area contributed by atoms with Crippen LogP contribution in [0.15, 0.2) is 30.3 Å². The molecule has 1 amide bonds. The average Bonchev–Trinajstić information content (AvgIpc) is 2.90. The maximum absolute atomic E-state index is 13.0. The van der Waals surface area contributed by atoms with E-state index in [9.17, 15) is 22.8 Å². The van der Waals surface area contributed by atoms with Crippen molar-refractivity contribution in [3.8, 4) is 0 Å². The lowest BCUT2D eigenvalue weighted by molar-refractivity contribution is -0.153. The number of alkyl halides is 3. The summed E-state index contributed by atoms with van der Waals surface area (Å²) in [6.07, 6.45) is -5.86. The van der Waals surface area contributed by atoms with E-state index in [2.05, 4.69) is 10.4 Å². The van der Waals surface area contributed by atoms with Gasteiger partial charge in [0.1, 0.15) is 0 Å². The zero-order valence-electron chi connectivity index (χ0n) is 15.1. The van der Waals surface area contributed by atoms with E-state index in [-0.39, 0.29) is 18.7 Å². The highest BCUT2D eigenvalue weighted by molar-refractivity contribution is 5.95. The van der Waals surface area contributed by atoms with E-state index in [4.69, 9.17) is 4.74 Å². The fraction of sp³-hybridized carbons (Fsp3) is 0.389. The van der Waals surface area contributed by atoms with E-state index in [1.54, 1.807) is 4.68 Å². The van der Waals surface area contributed by atoms with Gasteiger partial charge in [-0.1, -0.05) is 12.1 Å². The van der Waals surface area contributed by atoms with Crippen LogP contribution in [0.1, 0.15) is 30.3 Å². The number of carbonyl (C=O) groups is 2. The maximum Gasteiger partial charge on any atom is 0.418 e. The number of amides is 1. The largest absolute Gasteiger partial charge is 0.452 e. The first-order chi connectivity index (χ1) is 12.6. The van der Waals surface area contributed by atoms with Crippen LogP contribution < -0.4 is 5.32 Å². The molecule has 2 aromatic rings. The minimum atomic E-state index is -4.61. The summed E-state index contributed by atoms with van der Waals surface area (Å²) in [6, 6.07) is 6.45. The molecular weight excluding hydrogens is 363 g/mol. The minimum Gasteiger partial charge on any atom is -0.452 e. The molecule has 0 aliphatic heterocycles. The van der Waals surface area contributed by atoms with Crippen LogP contribution in [0.25, 0.3) is 0 Å². The number of hydrogen-bond donors (Lipinski definition) is 1. The van der Waals surface area contributed by atoms with Crippen molar-refractivity contribution in [1.82, 2.24) is 9.78 Å². The lowest BCUT2D eigenvalue weighted by atomic mass is 10.1. The summed E-state index contributed by atoms with van der Waals surface area (Å²) in [5.41, 5.74) is 0.341. The Kier molecular flexibility index (Phi) is 6.24. The van der Waals surface area contributed by atoms with Gasteiger partial charge in [0.2, 0.25) is 0 Å². The van der Waals surface area contributed by atoms with Crippen LogP contribution >= 0.6 is 0 Å². The Morgan fingerprint density at radius 1 is 1.26 bits per heavy atom. The number of aryl methyl sites for hydroxylation is 3. The van der Waals surface area contributed by atoms with Crippen LogP contribution in [0.4, 0.5) is 18.9 Å². The molecule has 1 atom stereocenters. The van der Waals surface area contributed by atoms with Gasteiger partial charge in [0.25, 0.3) is 5.91 Å². The summed E-state index contributed by atoms with van der Waals surface area (Å²) in [5.74, 6) is -1.49. The Hall–Kier alpha value is -2.84. The number of anilines is 1. The number of rotatable bonds is 6.